The zero-order valence-electron chi connectivity index (χ0n) is 12.3. The van der Waals surface area contributed by atoms with Gasteiger partial charge in [0.2, 0.25) is 5.91 Å². The largest absolute Gasteiger partial charge is 0.375 e. The second-order valence-electron chi connectivity index (χ2n) is 7.01. The van der Waals surface area contributed by atoms with E-state index in [1.165, 1.54) is 12.8 Å². The van der Waals surface area contributed by atoms with Gasteiger partial charge in [0.25, 0.3) is 0 Å². The Morgan fingerprint density at radius 3 is 2.58 bits per heavy atom. The van der Waals surface area contributed by atoms with Crippen LogP contribution in [0.5, 0.6) is 0 Å². The maximum atomic E-state index is 12.6. The molecule has 3 aliphatic rings. The normalized spacial score (nSPS) is 43.1. The van der Waals surface area contributed by atoms with Crippen LogP contribution in [0.4, 0.5) is 0 Å². The molecule has 0 radical (unpaired) electrons. The summed E-state index contributed by atoms with van der Waals surface area (Å²) in [7, 11) is 0. The van der Waals surface area contributed by atoms with E-state index in [9.17, 15) is 4.79 Å². The predicted octanol–water partition coefficient (Wildman–Crippen LogP) is 2.84. The summed E-state index contributed by atoms with van der Waals surface area (Å²) >= 11 is 0. The average Bonchev–Trinajstić information content (AvgIpc) is 2.77. The van der Waals surface area contributed by atoms with Crippen molar-refractivity contribution in [2.24, 2.45) is 17.8 Å². The minimum absolute atomic E-state index is 0.312. The zero-order chi connectivity index (χ0) is 13.4. The van der Waals surface area contributed by atoms with Gasteiger partial charge in [-0.2, -0.15) is 0 Å². The third kappa shape index (κ3) is 2.81. The molecule has 2 heterocycles. The number of amides is 1. The number of carbonyl (C=O) groups excluding carboxylic acids is 1. The molecule has 3 nitrogen and oxygen atoms in total. The molecule has 19 heavy (non-hydrogen) atoms. The van der Waals surface area contributed by atoms with Crippen LogP contribution in [0.15, 0.2) is 0 Å². The highest BCUT2D eigenvalue weighted by molar-refractivity contribution is 5.79. The summed E-state index contributed by atoms with van der Waals surface area (Å²) in [4.78, 5) is 14.8. The molecule has 0 aromatic carbocycles. The van der Waals surface area contributed by atoms with Gasteiger partial charge < -0.3 is 9.64 Å². The summed E-state index contributed by atoms with van der Waals surface area (Å²) in [5.41, 5.74) is 0. The Hall–Kier alpha value is -0.570. The molecule has 3 atom stereocenters. The number of likely N-dealkylation sites (tertiary alicyclic amines) is 1. The van der Waals surface area contributed by atoms with Crippen LogP contribution in [0.2, 0.25) is 0 Å². The van der Waals surface area contributed by atoms with Gasteiger partial charge in [-0.1, -0.05) is 6.92 Å². The Balaban J connectivity index is 1.56. The van der Waals surface area contributed by atoms with Crippen LogP contribution in [0.25, 0.3) is 0 Å². The van der Waals surface area contributed by atoms with Crippen LogP contribution < -0.4 is 0 Å². The third-order valence-electron chi connectivity index (χ3n) is 5.38. The van der Waals surface area contributed by atoms with Crippen molar-refractivity contribution in [3.8, 4) is 0 Å². The number of nitrogens with zero attached hydrogens (tertiary/aromatic N) is 1. The highest BCUT2D eigenvalue weighted by Crippen LogP contribution is 2.35. The van der Waals surface area contributed by atoms with Crippen molar-refractivity contribution < 1.29 is 9.53 Å². The highest BCUT2D eigenvalue weighted by Gasteiger charge is 2.40. The Kier molecular flexibility index (Phi) is 3.84. The van der Waals surface area contributed by atoms with Crippen molar-refractivity contribution in [2.75, 3.05) is 13.1 Å². The summed E-state index contributed by atoms with van der Waals surface area (Å²) in [6.07, 6.45) is 7.67. The molecule has 1 saturated carbocycles. The molecule has 0 unspecified atom stereocenters. The van der Waals surface area contributed by atoms with Gasteiger partial charge in [-0.05, 0) is 51.4 Å². The van der Waals surface area contributed by atoms with Crippen molar-refractivity contribution in [3.05, 3.63) is 0 Å². The SMILES string of the molecule is CC1CCC(C(=O)N2CC[C@@H]3O[C@@H](C)C[C@H]3C2)CC1. The Labute approximate surface area is 116 Å². The van der Waals surface area contributed by atoms with Crippen molar-refractivity contribution in [3.63, 3.8) is 0 Å². The first kappa shape index (κ1) is 13.4. The molecule has 0 aromatic heterocycles. The molecule has 0 spiro atoms. The molecule has 3 fully saturated rings. The average molecular weight is 265 g/mol. The van der Waals surface area contributed by atoms with E-state index < -0.39 is 0 Å². The number of piperidine rings is 1. The van der Waals surface area contributed by atoms with Gasteiger partial charge in [-0.3, -0.25) is 4.79 Å². The standard InChI is InChI=1S/C16H27NO2/c1-11-3-5-13(6-4-11)16(18)17-8-7-15-14(10-17)9-12(2)19-15/h11-15H,3-10H2,1-2H3/t11?,12-,13?,14-,15-/m0/s1. The van der Waals surface area contributed by atoms with Gasteiger partial charge in [-0.15, -0.1) is 0 Å². The quantitative estimate of drug-likeness (QED) is 0.729. The molecule has 1 amide bonds. The molecule has 0 bridgehead atoms. The lowest BCUT2D eigenvalue weighted by atomic mass is 9.81. The van der Waals surface area contributed by atoms with Gasteiger partial charge in [0.15, 0.2) is 0 Å². The predicted molar refractivity (Wildman–Crippen MR) is 74.8 cm³/mol. The fraction of sp³-hybridized carbons (Fsp3) is 0.938. The monoisotopic (exact) mass is 265 g/mol. The number of fused-ring (bicyclic) bond motifs is 1. The first-order chi connectivity index (χ1) is 9.13. The lowest BCUT2D eigenvalue weighted by Crippen LogP contribution is -2.47. The number of hydrogen-bond acceptors (Lipinski definition) is 2. The Morgan fingerprint density at radius 1 is 1.11 bits per heavy atom. The minimum atomic E-state index is 0.312. The molecule has 0 N–H and O–H groups in total. The van der Waals surface area contributed by atoms with Crippen LogP contribution in [0, 0.1) is 17.8 Å². The van der Waals surface area contributed by atoms with Gasteiger partial charge in [0.1, 0.15) is 0 Å². The van der Waals surface area contributed by atoms with Crippen molar-refractivity contribution in [1.29, 1.82) is 0 Å². The van der Waals surface area contributed by atoms with Crippen LogP contribution in [0.3, 0.4) is 0 Å². The Bertz CT molecular complexity index is 336. The first-order valence-electron chi connectivity index (χ1n) is 8.07. The molecule has 108 valence electrons. The van der Waals surface area contributed by atoms with Gasteiger partial charge in [-0.25, -0.2) is 0 Å². The minimum Gasteiger partial charge on any atom is -0.375 e. The summed E-state index contributed by atoms with van der Waals surface area (Å²) < 4.78 is 5.91. The maximum absolute atomic E-state index is 12.6. The second-order valence-corrected chi connectivity index (χ2v) is 7.01. The fourth-order valence-electron chi connectivity index (χ4n) is 4.16. The van der Waals surface area contributed by atoms with E-state index in [0.717, 1.165) is 44.7 Å². The Morgan fingerprint density at radius 2 is 1.84 bits per heavy atom. The van der Waals surface area contributed by atoms with Gasteiger partial charge >= 0.3 is 0 Å². The lowest BCUT2D eigenvalue weighted by Gasteiger charge is -2.37. The molecule has 2 saturated heterocycles. The van der Waals surface area contributed by atoms with E-state index in [1.807, 2.05) is 0 Å². The number of carbonyl (C=O) groups is 1. The summed E-state index contributed by atoms with van der Waals surface area (Å²) in [5, 5.41) is 0. The van der Waals surface area contributed by atoms with E-state index in [2.05, 4.69) is 18.7 Å². The van der Waals surface area contributed by atoms with E-state index >= 15 is 0 Å². The topological polar surface area (TPSA) is 29.5 Å². The van der Waals surface area contributed by atoms with Crippen molar-refractivity contribution in [2.45, 2.75) is 64.6 Å². The zero-order valence-corrected chi connectivity index (χ0v) is 12.3. The summed E-state index contributed by atoms with van der Waals surface area (Å²) in [6.45, 7) is 6.33. The van der Waals surface area contributed by atoms with Crippen LogP contribution in [0.1, 0.15) is 52.4 Å². The van der Waals surface area contributed by atoms with Crippen molar-refractivity contribution in [1.82, 2.24) is 4.90 Å². The maximum Gasteiger partial charge on any atom is 0.225 e. The van der Waals surface area contributed by atoms with E-state index in [4.69, 9.17) is 4.74 Å². The molecule has 1 aliphatic carbocycles. The summed E-state index contributed by atoms with van der Waals surface area (Å²) in [5.74, 6) is 2.16. The molecule has 3 heteroatoms. The van der Waals surface area contributed by atoms with E-state index in [1.54, 1.807) is 0 Å². The first-order valence-corrected chi connectivity index (χ1v) is 8.07. The van der Waals surface area contributed by atoms with E-state index in [-0.39, 0.29) is 0 Å². The summed E-state index contributed by atoms with van der Waals surface area (Å²) in [6, 6.07) is 0. The number of hydrogen-bond donors (Lipinski definition) is 0. The smallest absolute Gasteiger partial charge is 0.225 e. The molecule has 0 aromatic rings. The molecular formula is C16H27NO2. The second kappa shape index (κ2) is 5.43. The third-order valence-corrected chi connectivity index (χ3v) is 5.38. The van der Waals surface area contributed by atoms with Crippen LogP contribution in [-0.2, 0) is 9.53 Å². The van der Waals surface area contributed by atoms with Crippen molar-refractivity contribution >= 4 is 5.91 Å². The fourth-order valence-corrected chi connectivity index (χ4v) is 4.16. The number of rotatable bonds is 1. The lowest BCUT2D eigenvalue weighted by molar-refractivity contribution is -0.140. The van der Waals surface area contributed by atoms with Gasteiger partial charge in [0, 0.05) is 24.9 Å². The molecular weight excluding hydrogens is 238 g/mol. The molecule has 2 aliphatic heterocycles. The number of ether oxygens (including phenoxy) is 1. The van der Waals surface area contributed by atoms with Crippen LogP contribution >= 0.6 is 0 Å². The van der Waals surface area contributed by atoms with E-state index in [0.29, 0.717) is 30.0 Å². The molecule has 3 rings (SSSR count). The highest BCUT2D eigenvalue weighted by atomic mass is 16.5. The van der Waals surface area contributed by atoms with Gasteiger partial charge in [0.05, 0.1) is 12.2 Å². The van der Waals surface area contributed by atoms with Crippen LogP contribution in [-0.4, -0.2) is 36.1 Å².